The van der Waals surface area contributed by atoms with Crippen molar-refractivity contribution in [3.05, 3.63) is 63.1 Å². The zero-order valence-electron chi connectivity index (χ0n) is 16.7. The first kappa shape index (κ1) is 21.0. The highest BCUT2D eigenvalue weighted by molar-refractivity contribution is 5.99. The van der Waals surface area contributed by atoms with E-state index in [1.165, 1.54) is 21.7 Å². The van der Waals surface area contributed by atoms with E-state index in [1.807, 2.05) is 6.92 Å². The summed E-state index contributed by atoms with van der Waals surface area (Å²) < 4.78 is 34.0. The molecule has 2 amide bonds. The van der Waals surface area contributed by atoms with Crippen LogP contribution < -0.4 is 10.7 Å². The maximum atomic E-state index is 13.8. The number of aromatic nitrogens is 1. The van der Waals surface area contributed by atoms with Gasteiger partial charge in [0.05, 0.1) is 12.6 Å². The Labute approximate surface area is 176 Å². The summed E-state index contributed by atoms with van der Waals surface area (Å²) in [6.07, 6.45) is 2.17. The molecule has 1 fully saturated rings. The first-order chi connectivity index (χ1) is 14.8. The van der Waals surface area contributed by atoms with Crippen molar-refractivity contribution in [3.63, 3.8) is 0 Å². The average molecular weight is 433 g/mol. The number of nitrogens with one attached hydrogen (secondary N) is 1. The molecule has 0 saturated carbocycles. The standard InChI is InChI=1S/C21H21F2N3O5/c1-2-3-13-8-26-16(31-13)10-25-9-14(18(27)19(28)17(25)21(26)30)20(29)24-7-11-4-5-12(22)6-15(11)23/h4-6,9,13,16,28H,2-3,7-8,10H2,1H3,(H,24,29). The van der Waals surface area contributed by atoms with E-state index in [0.29, 0.717) is 12.6 Å². The first-order valence-corrected chi connectivity index (χ1v) is 9.95. The lowest BCUT2D eigenvalue weighted by molar-refractivity contribution is -0.0165. The maximum Gasteiger partial charge on any atom is 0.276 e. The highest BCUT2D eigenvalue weighted by Crippen LogP contribution is 2.30. The molecule has 31 heavy (non-hydrogen) atoms. The van der Waals surface area contributed by atoms with Crippen molar-refractivity contribution in [1.29, 1.82) is 0 Å². The van der Waals surface area contributed by atoms with Gasteiger partial charge in [0.1, 0.15) is 17.2 Å². The van der Waals surface area contributed by atoms with Gasteiger partial charge in [-0.15, -0.1) is 0 Å². The van der Waals surface area contributed by atoms with Crippen molar-refractivity contribution in [3.8, 4) is 5.75 Å². The fraction of sp³-hybridized carbons (Fsp3) is 0.381. The largest absolute Gasteiger partial charge is 0.503 e. The number of carbonyl (C=O) groups excluding carboxylic acids is 2. The third-order valence-corrected chi connectivity index (χ3v) is 5.48. The Morgan fingerprint density at radius 1 is 1.29 bits per heavy atom. The normalized spacial score (nSPS) is 19.8. The lowest BCUT2D eigenvalue weighted by Gasteiger charge is -2.31. The van der Waals surface area contributed by atoms with Crippen LogP contribution in [0, 0.1) is 11.6 Å². The van der Waals surface area contributed by atoms with E-state index in [9.17, 15) is 28.3 Å². The van der Waals surface area contributed by atoms with Crippen molar-refractivity contribution < 1.29 is 28.2 Å². The van der Waals surface area contributed by atoms with Crippen molar-refractivity contribution in [2.45, 2.75) is 45.2 Å². The number of halogens is 2. The Bertz CT molecular complexity index is 1120. The lowest BCUT2D eigenvalue weighted by atomic mass is 10.1. The number of nitrogens with zero attached hydrogens (tertiary/aromatic N) is 2. The summed E-state index contributed by atoms with van der Waals surface area (Å²) in [5.41, 5.74) is -1.55. The zero-order chi connectivity index (χ0) is 22.3. The summed E-state index contributed by atoms with van der Waals surface area (Å²) in [7, 11) is 0. The second kappa shape index (κ2) is 8.10. The van der Waals surface area contributed by atoms with Crippen LogP contribution in [-0.2, 0) is 17.8 Å². The molecule has 0 bridgehead atoms. The van der Waals surface area contributed by atoms with Crippen LogP contribution in [0.15, 0.2) is 29.2 Å². The fourth-order valence-electron chi connectivity index (χ4n) is 3.93. The smallest absolute Gasteiger partial charge is 0.276 e. The Morgan fingerprint density at radius 2 is 2.06 bits per heavy atom. The minimum Gasteiger partial charge on any atom is -0.503 e. The van der Waals surface area contributed by atoms with Gasteiger partial charge in [-0.3, -0.25) is 14.4 Å². The predicted octanol–water partition coefficient (Wildman–Crippen LogP) is 1.74. The Hall–Kier alpha value is -3.27. The van der Waals surface area contributed by atoms with E-state index in [4.69, 9.17) is 4.74 Å². The Balaban J connectivity index is 1.58. The van der Waals surface area contributed by atoms with Crippen LogP contribution in [0.2, 0.25) is 0 Å². The van der Waals surface area contributed by atoms with Crippen molar-refractivity contribution in [2.75, 3.05) is 6.54 Å². The van der Waals surface area contributed by atoms with Gasteiger partial charge in [-0.25, -0.2) is 8.78 Å². The summed E-state index contributed by atoms with van der Waals surface area (Å²) in [5.74, 6) is -3.80. The molecule has 0 spiro atoms. The molecule has 2 aliphatic rings. The molecule has 1 aromatic carbocycles. The van der Waals surface area contributed by atoms with E-state index >= 15 is 0 Å². The molecule has 2 unspecified atom stereocenters. The van der Waals surface area contributed by atoms with Crippen LogP contribution in [0.1, 0.15) is 46.2 Å². The predicted molar refractivity (Wildman–Crippen MR) is 105 cm³/mol. The quantitative estimate of drug-likeness (QED) is 0.748. The number of hydrogen-bond donors (Lipinski definition) is 2. The molecule has 1 saturated heterocycles. The van der Waals surface area contributed by atoms with Gasteiger partial charge >= 0.3 is 0 Å². The third kappa shape index (κ3) is 3.78. The number of benzene rings is 1. The van der Waals surface area contributed by atoms with Crippen LogP contribution in [0.5, 0.6) is 5.75 Å². The van der Waals surface area contributed by atoms with Crippen LogP contribution in [0.3, 0.4) is 0 Å². The monoisotopic (exact) mass is 433 g/mol. The topological polar surface area (TPSA) is 101 Å². The van der Waals surface area contributed by atoms with Gasteiger partial charge in [-0.1, -0.05) is 19.4 Å². The molecule has 3 heterocycles. The molecule has 2 atom stereocenters. The number of fused-ring (bicyclic) bond motifs is 2. The van der Waals surface area contributed by atoms with E-state index in [1.54, 1.807) is 0 Å². The van der Waals surface area contributed by atoms with E-state index in [-0.39, 0.29) is 30.5 Å². The summed E-state index contributed by atoms with van der Waals surface area (Å²) in [6.45, 7) is 2.24. The van der Waals surface area contributed by atoms with Crippen molar-refractivity contribution in [1.82, 2.24) is 14.8 Å². The molecule has 8 nitrogen and oxygen atoms in total. The third-order valence-electron chi connectivity index (χ3n) is 5.48. The molecule has 10 heteroatoms. The van der Waals surface area contributed by atoms with Gasteiger partial charge in [-0.2, -0.15) is 0 Å². The number of aromatic hydroxyl groups is 1. The number of carbonyl (C=O) groups is 2. The molecule has 164 valence electrons. The van der Waals surface area contributed by atoms with Gasteiger partial charge in [0.2, 0.25) is 5.43 Å². The highest BCUT2D eigenvalue weighted by atomic mass is 19.1. The second-order valence-electron chi connectivity index (χ2n) is 7.60. The van der Waals surface area contributed by atoms with E-state index in [0.717, 1.165) is 18.9 Å². The summed E-state index contributed by atoms with van der Waals surface area (Å²) in [5, 5.41) is 12.8. The first-order valence-electron chi connectivity index (χ1n) is 9.95. The molecule has 2 aliphatic heterocycles. The molecule has 0 aliphatic carbocycles. The highest BCUT2D eigenvalue weighted by Gasteiger charge is 2.42. The molecule has 2 aromatic rings. The molecule has 1 aromatic heterocycles. The average Bonchev–Trinajstić information content (AvgIpc) is 3.13. The molecule has 2 N–H and O–H groups in total. The minimum absolute atomic E-state index is 0.0316. The van der Waals surface area contributed by atoms with Crippen molar-refractivity contribution in [2.24, 2.45) is 0 Å². The second-order valence-corrected chi connectivity index (χ2v) is 7.60. The Kier molecular flexibility index (Phi) is 5.48. The Morgan fingerprint density at radius 3 is 2.77 bits per heavy atom. The number of amides is 2. The van der Waals surface area contributed by atoms with E-state index < -0.39 is 46.4 Å². The van der Waals surface area contributed by atoms with Crippen LogP contribution in [0.4, 0.5) is 8.78 Å². The van der Waals surface area contributed by atoms with E-state index in [2.05, 4.69) is 5.32 Å². The van der Waals surface area contributed by atoms with Gasteiger partial charge in [0.25, 0.3) is 11.8 Å². The fourth-order valence-corrected chi connectivity index (χ4v) is 3.93. The summed E-state index contributed by atoms with van der Waals surface area (Å²) in [4.78, 5) is 39.4. The molecular formula is C21H21F2N3O5. The van der Waals surface area contributed by atoms with Gasteiger partial charge in [0.15, 0.2) is 17.7 Å². The van der Waals surface area contributed by atoms with Crippen LogP contribution in [0.25, 0.3) is 0 Å². The molecular weight excluding hydrogens is 412 g/mol. The molecule has 0 radical (unpaired) electrons. The SMILES string of the molecule is CCCC1CN2C(=O)c3c(O)c(=O)c(C(=O)NCc4ccc(F)cc4F)cn3CC2O1. The van der Waals surface area contributed by atoms with Crippen LogP contribution in [-0.4, -0.2) is 45.3 Å². The van der Waals surface area contributed by atoms with Gasteiger partial charge < -0.3 is 24.6 Å². The van der Waals surface area contributed by atoms with Crippen LogP contribution >= 0.6 is 0 Å². The number of hydrogen-bond acceptors (Lipinski definition) is 5. The van der Waals surface area contributed by atoms with Crippen molar-refractivity contribution >= 4 is 11.8 Å². The maximum absolute atomic E-state index is 13.8. The number of rotatable bonds is 5. The summed E-state index contributed by atoms with van der Waals surface area (Å²) in [6, 6.07) is 2.92. The number of ether oxygens (including phenoxy) is 1. The van der Waals surface area contributed by atoms with Gasteiger partial charge in [0, 0.05) is 30.9 Å². The lowest BCUT2D eigenvalue weighted by Crippen LogP contribution is -2.46. The zero-order valence-corrected chi connectivity index (χ0v) is 16.7. The number of pyridine rings is 1. The summed E-state index contributed by atoms with van der Waals surface area (Å²) >= 11 is 0. The minimum atomic E-state index is -1.000. The van der Waals surface area contributed by atoms with Gasteiger partial charge in [-0.05, 0) is 12.5 Å². The molecule has 4 rings (SSSR count).